The standard InChI is InChI=1S/C18H22FNO5S2/c1-14(2)12-13-26(21,22)25-16-10-8-15(9-11-16)20(3)27(23,24)18-7-5-4-6-17(18)19/h4-11,14H,12-13H2,1-3H3. The summed E-state index contributed by atoms with van der Waals surface area (Å²) in [4.78, 5) is -0.441. The SMILES string of the molecule is CC(C)CCS(=O)(=O)Oc1ccc(N(C)S(=O)(=O)c2ccccc2F)cc1. The van der Waals surface area contributed by atoms with Crippen LogP contribution in [-0.4, -0.2) is 29.6 Å². The summed E-state index contributed by atoms with van der Waals surface area (Å²) in [5.74, 6) is -0.642. The minimum Gasteiger partial charge on any atom is -0.382 e. The van der Waals surface area contributed by atoms with E-state index in [1.54, 1.807) is 0 Å². The van der Waals surface area contributed by atoms with Crippen molar-refractivity contribution < 1.29 is 25.4 Å². The van der Waals surface area contributed by atoms with E-state index in [9.17, 15) is 21.2 Å². The van der Waals surface area contributed by atoms with Crippen LogP contribution in [0.15, 0.2) is 53.4 Å². The van der Waals surface area contributed by atoms with Gasteiger partial charge in [-0.25, -0.2) is 12.8 Å². The summed E-state index contributed by atoms with van der Waals surface area (Å²) in [7, 11) is -6.52. The van der Waals surface area contributed by atoms with E-state index in [2.05, 4.69) is 0 Å². The quantitative estimate of drug-likeness (QED) is 0.617. The summed E-state index contributed by atoms with van der Waals surface area (Å²) >= 11 is 0. The molecule has 0 unspecified atom stereocenters. The summed E-state index contributed by atoms with van der Waals surface area (Å²) in [6.45, 7) is 3.83. The normalized spacial score (nSPS) is 12.2. The van der Waals surface area contributed by atoms with E-state index in [0.29, 0.717) is 6.42 Å². The molecule has 0 N–H and O–H groups in total. The van der Waals surface area contributed by atoms with Crippen LogP contribution in [0, 0.1) is 11.7 Å². The van der Waals surface area contributed by atoms with Crippen molar-refractivity contribution in [1.82, 2.24) is 0 Å². The van der Waals surface area contributed by atoms with Gasteiger partial charge in [-0.15, -0.1) is 0 Å². The molecule has 0 atom stereocenters. The molecule has 0 radical (unpaired) electrons. The Morgan fingerprint density at radius 2 is 1.59 bits per heavy atom. The zero-order valence-electron chi connectivity index (χ0n) is 15.3. The molecule has 0 amide bonds. The predicted molar refractivity (Wildman–Crippen MR) is 102 cm³/mol. The monoisotopic (exact) mass is 415 g/mol. The molecule has 0 saturated carbocycles. The van der Waals surface area contributed by atoms with E-state index in [0.717, 1.165) is 10.4 Å². The molecule has 0 aromatic heterocycles. The molecule has 0 saturated heterocycles. The van der Waals surface area contributed by atoms with Gasteiger partial charge in [-0.05, 0) is 48.7 Å². The van der Waals surface area contributed by atoms with Crippen LogP contribution in [0.4, 0.5) is 10.1 Å². The second kappa shape index (κ2) is 8.26. The molecule has 2 aromatic carbocycles. The Morgan fingerprint density at radius 1 is 1.00 bits per heavy atom. The maximum absolute atomic E-state index is 13.8. The Hall–Kier alpha value is -2.13. The van der Waals surface area contributed by atoms with Crippen molar-refractivity contribution >= 4 is 25.8 Å². The Labute approximate surface area is 159 Å². The zero-order valence-corrected chi connectivity index (χ0v) is 16.9. The zero-order chi connectivity index (χ0) is 20.2. The van der Waals surface area contributed by atoms with E-state index >= 15 is 0 Å². The fourth-order valence-electron chi connectivity index (χ4n) is 2.22. The molecule has 2 rings (SSSR count). The van der Waals surface area contributed by atoms with Gasteiger partial charge in [0.25, 0.3) is 10.0 Å². The predicted octanol–water partition coefficient (Wildman–Crippen LogP) is 3.41. The molecule has 2 aromatic rings. The molecule has 0 fully saturated rings. The fourth-order valence-corrected chi connectivity index (χ4v) is 4.73. The fraction of sp³-hybridized carbons (Fsp3) is 0.333. The van der Waals surface area contributed by atoms with Crippen LogP contribution < -0.4 is 8.49 Å². The average molecular weight is 416 g/mol. The van der Waals surface area contributed by atoms with Gasteiger partial charge in [0, 0.05) is 7.05 Å². The van der Waals surface area contributed by atoms with Crippen LogP contribution >= 0.6 is 0 Å². The van der Waals surface area contributed by atoms with Crippen LogP contribution in [0.5, 0.6) is 5.75 Å². The Morgan fingerprint density at radius 3 is 2.15 bits per heavy atom. The third-order valence-electron chi connectivity index (χ3n) is 3.84. The number of hydrogen-bond donors (Lipinski definition) is 0. The molecule has 0 aliphatic heterocycles. The van der Waals surface area contributed by atoms with Gasteiger partial charge in [-0.1, -0.05) is 26.0 Å². The van der Waals surface area contributed by atoms with Crippen molar-refractivity contribution in [3.63, 3.8) is 0 Å². The molecule has 0 heterocycles. The molecular formula is C18H22FNO5S2. The van der Waals surface area contributed by atoms with Crippen molar-refractivity contribution in [3.8, 4) is 5.75 Å². The molecule has 9 heteroatoms. The Kier molecular flexibility index (Phi) is 6.48. The van der Waals surface area contributed by atoms with Crippen molar-refractivity contribution in [2.24, 2.45) is 5.92 Å². The lowest BCUT2D eigenvalue weighted by Gasteiger charge is -2.20. The second-order valence-electron chi connectivity index (χ2n) is 6.42. The molecule has 0 bridgehead atoms. The largest absolute Gasteiger partial charge is 0.382 e. The highest BCUT2D eigenvalue weighted by molar-refractivity contribution is 7.92. The lowest BCUT2D eigenvalue weighted by atomic mass is 10.2. The van der Waals surface area contributed by atoms with Crippen LogP contribution in [0.2, 0.25) is 0 Å². The van der Waals surface area contributed by atoms with Crippen LogP contribution in [0.3, 0.4) is 0 Å². The smallest absolute Gasteiger partial charge is 0.309 e. The lowest BCUT2D eigenvalue weighted by Crippen LogP contribution is -2.27. The van der Waals surface area contributed by atoms with E-state index in [1.165, 1.54) is 49.5 Å². The summed E-state index contributed by atoms with van der Waals surface area (Å²) in [6.07, 6.45) is 0.476. The maximum atomic E-state index is 13.8. The first-order chi connectivity index (χ1) is 12.5. The van der Waals surface area contributed by atoms with E-state index in [-0.39, 0.29) is 23.1 Å². The number of halogens is 1. The van der Waals surface area contributed by atoms with E-state index in [1.807, 2.05) is 13.8 Å². The van der Waals surface area contributed by atoms with Crippen LogP contribution in [0.25, 0.3) is 0 Å². The van der Waals surface area contributed by atoms with Crippen molar-refractivity contribution in [3.05, 3.63) is 54.3 Å². The summed E-state index contributed by atoms with van der Waals surface area (Å²) in [5, 5.41) is 0. The van der Waals surface area contributed by atoms with Gasteiger partial charge in [-0.3, -0.25) is 4.31 Å². The third-order valence-corrected chi connectivity index (χ3v) is 6.84. The Bertz CT molecular complexity index is 987. The molecule has 27 heavy (non-hydrogen) atoms. The van der Waals surface area contributed by atoms with Crippen LogP contribution in [0.1, 0.15) is 20.3 Å². The van der Waals surface area contributed by atoms with Crippen LogP contribution in [-0.2, 0) is 20.1 Å². The summed E-state index contributed by atoms with van der Waals surface area (Å²) in [6, 6.07) is 10.6. The molecule has 0 aliphatic rings. The Balaban J connectivity index is 2.18. The number of nitrogens with zero attached hydrogens (tertiary/aromatic N) is 1. The van der Waals surface area contributed by atoms with Gasteiger partial charge in [-0.2, -0.15) is 8.42 Å². The highest BCUT2D eigenvalue weighted by Gasteiger charge is 2.24. The first kappa shape index (κ1) is 21.2. The molecule has 6 nitrogen and oxygen atoms in total. The third kappa shape index (κ3) is 5.43. The lowest BCUT2D eigenvalue weighted by molar-refractivity contribution is 0.477. The van der Waals surface area contributed by atoms with Gasteiger partial charge in [0.05, 0.1) is 11.4 Å². The summed E-state index contributed by atoms with van der Waals surface area (Å²) in [5.41, 5.74) is 0.241. The van der Waals surface area contributed by atoms with Crippen molar-refractivity contribution in [2.75, 3.05) is 17.1 Å². The highest BCUT2D eigenvalue weighted by Crippen LogP contribution is 2.26. The minimum atomic E-state index is -4.09. The van der Waals surface area contributed by atoms with E-state index < -0.39 is 30.9 Å². The maximum Gasteiger partial charge on any atom is 0.309 e. The molecule has 0 aliphatic carbocycles. The molecular weight excluding hydrogens is 393 g/mol. The molecule has 148 valence electrons. The second-order valence-corrected chi connectivity index (χ2v) is 10.1. The van der Waals surface area contributed by atoms with Gasteiger partial charge in [0.15, 0.2) is 0 Å². The topological polar surface area (TPSA) is 80.8 Å². The number of sulfonamides is 1. The van der Waals surface area contributed by atoms with Gasteiger partial charge >= 0.3 is 10.1 Å². The van der Waals surface area contributed by atoms with Crippen molar-refractivity contribution in [1.29, 1.82) is 0 Å². The number of rotatable bonds is 8. The first-order valence-electron chi connectivity index (χ1n) is 8.28. The molecule has 0 spiro atoms. The number of hydrogen-bond acceptors (Lipinski definition) is 5. The summed E-state index contributed by atoms with van der Waals surface area (Å²) < 4.78 is 68.8. The highest BCUT2D eigenvalue weighted by atomic mass is 32.2. The minimum absolute atomic E-state index is 0.0826. The van der Waals surface area contributed by atoms with Gasteiger partial charge < -0.3 is 4.18 Å². The van der Waals surface area contributed by atoms with E-state index in [4.69, 9.17) is 4.18 Å². The van der Waals surface area contributed by atoms with Gasteiger partial charge in [0.1, 0.15) is 16.5 Å². The number of anilines is 1. The van der Waals surface area contributed by atoms with Gasteiger partial charge in [0.2, 0.25) is 0 Å². The average Bonchev–Trinajstić information content (AvgIpc) is 2.60. The number of benzene rings is 2. The first-order valence-corrected chi connectivity index (χ1v) is 11.3. The van der Waals surface area contributed by atoms with Crippen molar-refractivity contribution in [2.45, 2.75) is 25.2 Å².